The summed E-state index contributed by atoms with van der Waals surface area (Å²) in [7, 11) is 0. The summed E-state index contributed by atoms with van der Waals surface area (Å²) >= 11 is 0. The molecule has 0 aliphatic carbocycles. The molecule has 0 aliphatic rings. The number of hydrogen-bond donors (Lipinski definition) is 3. The van der Waals surface area contributed by atoms with Crippen molar-refractivity contribution in [3.63, 3.8) is 0 Å². The number of benzene rings is 1. The van der Waals surface area contributed by atoms with Gasteiger partial charge in [0.2, 0.25) is 0 Å². The molecule has 0 heterocycles. The number of nitrogens with one attached hydrogen (secondary N) is 1. The van der Waals surface area contributed by atoms with Gasteiger partial charge in [-0.1, -0.05) is 12.1 Å². The van der Waals surface area contributed by atoms with Crippen LogP contribution in [-0.2, 0) is 6.54 Å². The van der Waals surface area contributed by atoms with Crippen molar-refractivity contribution in [2.24, 2.45) is 0 Å². The number of aliphatic hydroxyl groups is 1. The molecular formula is C13H21NO3. The van der Waals surface area contributed by atoms with E-state index >= 15 is 0 Å². The van der Waals surface area contributed by atoms with Gasteiger partial charge >= 0.3 is 0 Å². The first kappa shape index (κ1) is 13.8. The fourth-order valence-corrected chi connectivity index (χ4v) is 1.57. The van der Waals surface area contributed by atoms with E-state index in [-0.39, 0.29) is 12.4 Å². The fraction of sp³-hybridized carbons (Fsp3) is 0.538. The van der Waals surface area contributed by atoms with Gasteiger partial charge in [0.25, 0.3) is 0 Å². The van der Waals surface area contributed by atoms with Crippen LogP contribution >= 0.6 is 0 Å². The van der Waals surface area contributed by atoms with E-state index in [0.29, 0.717) is 18.9 Å². The third-order valence-corrected chi connectivity index (χ3v) is 2.46. The number of phenolic OH excluding ortho intramolecular Hbond substituents is 1. The smallest absolute Gasteiger partial charge is 0.162 e. The Morgan fingerprint density at radius 1 is 1.29 bits per heavy atom. The highest BCUT2D eigenvalue weighted by Gasteiger charge is 2.06. The van der Waals surface area contributed by atoms with Crippen LogP contribution in [-0.4, -0.2) is 30.0 Å². The van der Waals surface area contributed by atoms with Crippen LogP contribution in [0.25, 0.3) is 0 Å². The van der Waals surface area contributed by atoms with Gasteiger partial charge in [-0.15, -0.1) is 0 Å². The van der Waals surface area contributed by atoms with Crippen molar-refractivity contribution in [2.75, 3.05) is 19.8 Å². The lowest BCUT2D eigenvalue weighted by Gasteiger charge is -2.10. The van der Waals surface area contributed by atoms with Crippen molar-refractivity contribution in [3.8, 4) is 11.5 Å². The van der Waals surface area contributed by atoms with Crippen LogP contribution in [0, 0.1) is 0 Å². The Bertz CT molecular complexity index is 328. The van der Waals surface area contributed by atoms with Crippen LogP contribution in [0.4, 0.5) is 0 Å². The van der Waals surface area contributed by atoms with Gasteiger partial charge in [-0.2, -0.15) is 0 Å². The highest BCUT2D eigenvalue weighted by atomic mass is 16.5. The molecule has 1 aromatic carbocycles. The van der Waals surface area contributed by atoms with Crippen molar-refractivity contribution in [1.29, 1.82) is 0 Å². The van der Waals surface area contributed by atoms with Crippen LogP contribution in [0.15, 0.2) is 18.2 Å². The molecule has 3 N–H and O–H groups in total. The Kier molecular flexibility index (Phi) is 6.43. The molecule has 4 nitrogen and oxygen atoms in total. The summed E-state index contributed by atoms with van der Waals surface area (Å²) in [6, 6.07) is 5.50. The molecule has 1 aromatic rings. The number of phenols is 1. The largest absolute Gasteiger partial charge is 0.504 e. The van der Waals surface area contributed by atoms with Gasteiger partial charge in [0, 0.05) is 18.7 Å². The zero-order chi connectivity index (χ0) is 12.5. The molecule has 0 radical (unpaired) electrons. The molecular weight excluding hydrogens is 218 g/mol. The third kappa shape index (κ3) is 4.63. The molecule has 0 amide bonds. The van der Waals surface area contributed by atoms with Gasteiger partial charge in [-0.05, 0) is 32.4 Å². The molecule has 0 spiro atoms. The van der Waals surface area contributed by atoms with Crippen molar-refractivity contribution >= 4 is 0 Å². The lowest BCUT2D eigenvalue weighted by Crippen LogP contribution is -2.15. The predicted molar refractivity (Wildman–Crippen MR) is 67.3 cm³/mol. The number of aromatic hydroxyl groups is 1. The zero-order valence-corrected chi connectivity index (χ0v) is 10.3. The zero-order valence-electron chi connectivity index (χ0n) is 10.3. The Labute approximate surface area is 102 Å². The van der Waals surface area contributed by atoms with E-state index < -0.39 is 0 Å². The molecule has 0 aromatic heterocycles. The van der Waals surface area contributed by atoms with E-state index in [2.05, 4.69) is 5.32 Å². The minimum Gasteiger partial charge on any atom is -0.504 e. The summed E-state index contributed by atoms with van der Waals surface area (Å²) in [5, 5.41) is 21.8. The van der Waals surface area contributed by atoms with E-state index in [1.807, 2.05) is 19.1 Å². The second-order valence-corrected chi connectivity index (χ2v) is 3.80. The van der Waals surface area contributed by atoms with E-state index in [9.17, 15) is 5.11 Å². The van der Waals surface area contributed by atoms with Crippen LogP contribution in [0.5, 0.6) is 11.5 Å². The van der Waals surface area contributed by atoms with Gasteiger partial charge in [0.05, 0.1) is 6.61 Å². The number of hydrogen-bond acceptors (Lipinski definition) is 4. The maximum Gasteiger partial charge on any atom is 0.162 e. The summed E-state index contributed by atoms with van der Waals surface area (Å²) in [5.41, 5.74) is 0.833. The van der Waals surface area contributed by atoms with Crippen molar-refractivity contribution in [2.45, 2.75) is 26.3 Å². The average Bonchev–Trinajstić information content (AvgIpc) is 2.33. The molecule has 0 aliphatic heterocycles. The van der Waals surface area contributed by atoms with Crippen LogP contribution in [0.3, 0.4) is 0 Å². The number of rotatable bonds is 8. The number of unbranched alkanes of at least 4 members (excludes halogenated alkanes) is 1. The normalized spacial score (nSPS) is 10.5. The lowest BCUT2D eigenvalue weighted by molar-refractivity contribution is 0.283. The molecule has 4 heteroatoms. The van der Waals surface area contributed by atoms with E-state index in [1.54, 1.807) is 6.07 Å². The molecule has 0 bridgehead atoms. The number of para-hydroxylation sites is 1. The van der Waals surface area contributed by atoms with Gasteiger partial charge < -0.3 is 20.3 Å². The minimum absolute atomic E-state index is 0.212. The molecule has 0 fully saturated rings. The maximum atomic E-state index is 9.92. The molecule has 0 atom stereocenters. The fourth-order valence-electron chi connectivity index (χ4n) is 1.57. The average molecular weight is 239 g/mol. The SMILES string of the molecule is CCOc1cccc(CNCCCCO)c1O. The first-order chi connectivity index (χ1) is 8.29. The minimum atomic E-state index is 0.212. The third-order valence-electron chi connectivity index (χ3n) is 2.46. The summed E-state index contributed by atoms with van der Waals surface area (Å²) < 4.78 is 5.31. The molecule has 0 saturated carbocycles. The number of ether oxygens (including phenoxy) is 1. The molecule has 96 valence electrons. The maximum absolute atomic E-state index is 9.92. The molecule has 0 unspecified atom stereocenters. The Morgan fingerprint density at radius 2 is 2.12 bits per heavy atom. The van der Waals surface area contributed by atoms with Crippen LogP contribution < -0.4 is 10.1 Å². The molecule has 0 saturated heterocycles. The molecule has 1 rings (SSSR count). The van der Waals surface area contributed by atoms with Gasteiger partial charge in [0.1, 0.15) is 0 Å². The predicted octanol–water partition coefficient (Wildman–Crippen LogP) is 1.65. The second-order valence-electron chi connectivity index (χ2n) is 3.80. The van der Waals surface area contributed by atoms with Crippen LogP contribution in [0.2, 0.25) is 0 Å². The second kappa shape index (κ2) is 7.92. The Morgan fingerprint density at radius 3 is 2.82 bits per heavy atom. The lowest BCUT2D eigenvalue weighted by atomic mass is 10.2. The van der Waals surface area contributed by atoms with E-state index in [0.717, 1.165) is 24.9 Å². The summed E-state index contributed by atoms with van der Waals surface area (Å²) in [4.78, 5) is 0. The summed E-state index contributed by atoms with van der Waals surface area (Å²) in [6.45, 7) is 4.10. The van der Waals surface area contributed by atoms with E-state index in [4.69, 9.17) is 9.84 Å². The quantitative estimate of drug-likeness (QED) is 0.604. The van der Waals surface area contributed by atoms with Crippen molar-refractivity contribution < 1.29 is 14.9 Å². The van der Waals surface area contributed by atoms with Gasteiger partial charge in [-0.3, -0.25) is 0 Å². The first-order valence-corrected chi connectivity index (χ1v) is 6.04. The van der Waals surface area contributed by atoms with Crippen LogP contribution in [0.1, 0.15) is 25.3 Å². The molecule has 17 heavy (non-hydrogen) atoms. The number of aliphatic hydroxyl groups excluding tert-OH is 1. The van der Waals surface area contributed by atoms with Gasteiger partial charge in [0.15, 0.2) is 11.5 Å². The summed E-state index contributed by atoms with van der Waals surface area (Å²) in [6.07, 6.45) is 1.74. The monoisotopic (exact) mass is 239 g/mol. The highest BCUT2D eigenvalue weighted by Crippen LogP contribution is 2.29. The standard InChI is InChI=1S/C13H21NO3/c1-2-17-12-7-5-6-11(13(12)16)10-14-8-3-4-9-15/h5-7,14-16H,2-4,8-10H2,1H3. The van der Waals surface area contributed by atoms with E-state index in [1.165, 1.54) is 0 Å². The Hall–Kier alpha value is -1.26. The topological polar surface area (TPSA) is 61.7 Å². The van der Waals surface area contributed by atoms with Gasteiger partial charge in [-0.25, -0.2) is 0 Å². The first-order valence-electron chi connectivity index (χ1n) is 6.04. The highest BCUT2D eigenvalue weighted by molar-refractivity contribution is 5.45. The van der Waals surface area contributed by atoms with Crippen molar-refractivity contribution in [3.05, 3.63) is 23.8 Å². The summed E-state index contributed by atoms with van der Waals surface area (Å²) in [5.74, 6) is 0.742. The van der Waals surface area contributed by atoms with Crippen molar-refractivity contribution in [1.82, 2.24) is 5.32 Å². The Balaban J connectivity index is 2.44.